The molecule has 8 rings (SSSR count). The van der Waals surface area contributed by atoms with Gasteiger partial charge in [-0.15, -0.1) is 11.6 Å². The molecule has 4 aliphatic heterocycles. The zero-order valence-electron chi connectivity index (χ0n) is 60.4. The number of nitrogens with one attached hydrogen (secondary N) is 3. The highest BCUT2D eigenvalue weighted by atomic mass is 35.5. The Morgan fingerprint density at radius 1 is 0.606 bits per heavy atom. The van der Waals surface area contributed by atoms with Crippen molar-refractivity contribution in [2.45, 2.75) is 267 Å². The van der Waals surface area contributed by atoms with Gasteiger partial charge in [0.25, 0.3) is 0 Å². The van der Waals surface area contributed by atoms with Crippen LogP contribution in [-0.4, -0.2) is 261 Å². The molecule has 8 aliphatic rings. The summed E-state index contributed by atoms with van der Waals surface area (Å²) in [5.41, 5.74) is -1.56. The molecular formula is C71H112ClF3N12O12. The van der Waals surface area contributed by atoms with E-state index in [2.05, 4.69) is 16.0 Å². The van der Waals surface area contributed by atoms with Gasteiger partial charge in [0.1, 0.15) is 59.9 Å². The van der Waals surface area contributed by atoms with Crippen molar-refractivity contribution in [1.29, 1.82) is 0 Å². The van der Waals surface area contributed by atoms with Gasteiger partial charge in [0.2, 0.25) is 70.9 Å². The van der Waals surface area contributed by atoms with Gasteiger partial charge < -0.3 is 60.0 Å². The molecule has 556 valence electrons. The van der Waals surface area contributed by atoms with Crippen LogP contribution in [0.3, 0.4) is 0 Å². The Kier molecular flexibility index (Phi) is 26.7. The smallest absolute Gasteiger partial charge is 0.343 e. The van der Waals surface area contributed by atoms with E-state index in [1.54, 1.807) is 25.7 Å². The Morgan fingerprint density at radius 2 is 1.24 bits per heavy atom. The summed E-state index contributed by atoms with van der Waals surface area (Å²) in [5.74, 6) is -10.6. The number of halogens is 4. The lowest BCUT2D eigenvalue weighted by Crippen LogP contribution is -2.65. The minimum absolute atomic E-state index is 0.00281. The van der Waals surface area contributed by atoms with Gasteiger partial charge in [-0.25, -0.2) is 0 Å². The molecule has 3 unspecified atom stereocenters. The molecule has 8 fully saturated rings. The summed E-state index contributed by atoms with van der Waals surface area (Å²) in [6.07, 6.45) is 5.73. The number of alkyl halides is 4. The summed E-state index contributed by atoms with van der Waals surface area (Å²) in [7, 11) is 8.72. The Hall–Kier alpha value is -6.28. The van der Waals surface area contributed by atoms with Gasteiger partial charge in [0, 0.05) is 73.8 Å². The average molecular weight is 1420 g/mol. The maximum absolute atomic E-state index is 15.4. The van der Waals surface area contributed by atoms with Crippen molar-refractivity contribution in [2.75, 3.05) is 75.0 Å². The number of hydrogen-bond acceptors (Lipinski definition) is 12. The van der Waals surface area contributed by atoms with Gasteiger partial charge in [-0.2, -0.15) is 13.2 Å². The maximum Gasteiger partial charge on any atom is 0.393 e. The van der Waals surface area contributed by atoms with Crippen LogP contribution in [-0.2, 0) is 57.5 Å². The summed E-state index contributed by atoms with van der Waals surface area (Å²) in [4.78, 5) is 192. The number of likely N-dealkylation sites (N-methyl/N-ethyl adjacent to an activating group) is 6. The van der Waals surface area contributed by atoms with E-state index in [1.165, 1.54) is 88.4 Å². The third-order valence-corrected chi connectivity index (χ3v) is 24.0. The fraction of sp³-hybridized carbons (Fsp3) is 0.831. The summed E-state index contributed by atoms with van der Waals surface area (Å²) in [5, 5.41) is 7.63. The lowest BCUT2D eigenvalue weighted by atomic mass is 9.78. The van der Waals surface area contributed by atoms with Gasteiger partial charge in [-0.05, 0) is 139 Å². The predicted octanol–water partition coefficient (Wildman–Crippen LogP) is 5.46. The number of likely N-dealkylation sites (tertiary alicyclic amines) is 1. The van der Waals surface area contributed by atoms with Gasteiger partial charge in [0.05, 0.1) is 18.9 Å². The normalized spacial score (nSPS) is 31.9. The zero-order valence-corrected chi connectivity index (χ0v) is 61.1. The predicted molar refractivity (Wildman–Crippen MR) is 363 cm³/mol. The zero-order chi connectivity index (χ0) is 72.7. The second-order valence-corrected chi connectivity index (χ2v) is 31.2. The first-order chi connectivity index (χ1) is 46.7. The second kappa shape index (κ2) is 33.7. The van der Waals surface area contributed by atoms with Crippen LogP contribution in [0.25, 0.3) is 0 Å². The van der Waals surface area contributed by atoms with Crippen LogP contribution in [0.1, 0.15) is 195 Å². The summed E-state index contributed by atoms with van der Waals surface area (Å²) < 4.78 is 42.0. The average Bonchev–Trinajstić information content (AvgIpc) is 1.67. The highest BCUT2D eigenvalue weighted by Crippen LogP contribution is 2.44. The molecule has 24 nitrogen and oxygen atoms in total. The number of amides is 12. The molecule has 0 bridgehead atoms. The molecule has 0 radical (unpaired) electrons. The van der Waals surface area contributed by atoms with Gasteiger partial charge in [0.15, 0.2) is 0 Å². The lowest BCUT2D eigenvalue weighted by Gasteiger charge is -2.45. The summed E-state index contributed by atoms with van der Waals surface area (Å²) >= 11 is 6.40. The van der Waals surface area contributed by atoms with Crippen LogP contribution in [0.4, 0.5) is 13.2 Å². The van der Waals surface area contributed by atoms with E-state index in [4.69, 9.17) is 11.6 Å². The Labute approximate surface area is 587 Å². The van der Waals surface area contributed by atoms with Crippen molar-refractivity contribution in [3.8, 4) is 0 Å². The quantitative estimate of drug-likeness (QED) is 0.230. The number of carbonyl (C=O) groups excluding carboxylic acids is 12. The van der Waals surface area contributed by atoms with Crippen molar-refractivity contribution in [1.82, 2.24) is 60.0 Å². The van der Waals surface area contributed by atoms with E-state index in [1.807, 2.05) is 6.92 Å². The number of carbonyl (C=O) groups is 12. The van der Waals surface area contributed by atoms with Gasteiger partial charge in [-0.3, -0.25) is 57.5 Å². The Bertz CT molecular complexity index is 2960. The molecule has 4 heterocycles. The highest BCUT2D eigenvalue weighted by molar-refractivity contribution is 6.21. The van der Waals surface area contributed by atoms with Crippen LogP contribution in [0.2, 0.25) is 0 Å². The van der Waals surface area contributed by atoms with Crippen LogP contribution >= 0.6 is 11.6 Å². The third-order valence-electron chi connectivity index (χ3n) is 23.6. The first-order valence-corrected chi connectivity index (χ1v) is 37.3. The Balaban J connectivity index is 1.15. The lowest BCUT2D eigenvalue weighted by molar-refractivity contribution is -0.182. The number of rotatable bonds is 10. The number of piperidine rings is 1. The number of fused-ring (bicyclic) bond motifs is 2. The molecule has 99 heavy (non-hydrogen) atoms. The molecular weight excluding hydrogens is 1310 g/mol. The first kappa shape index (κ1) is 78.4. The largest absolute Gasteiger partial charge is 0.393 e. The van der Waals surface area contributed by atoms with Crippen molar-refractivity contribution >= 4 is 82.5 Å². The first-order valence-electron chi connectivity index (χ1n) is 36.8. The van der Waals surface area contributed by atoms with E-state index in [0.29, 0.717) is 64.5 Å². The molecule has 0 aromatic carbocycles. The van der Waals surface area contributed by atoms with E-state index < -0.39 is 173 Å². The van der Waals surface area contributed by atoms with E-state index >= 15 is 19.2 Å². The van der Waals surface area contributed by atoms with Crippen LogP contribution in [0.15, 0.2) is 0 Å². The molecule has 28 heteroatoms. The topological polar surface area (TPSA) is 270 Å². The minimum Gasteiger partial charge on any atom is -0.343 e. The maximum atomic E-state index is 15.4. The molecule has 13 atom stereocenters. The fourth-order valence-corrected chi connectivity index (χ4v) is 17.2. The SMILES string of the molecule is CC[C@H](C)[C@@H]1NC(=O)[C@H](C2CC2)N(C)C(=O)C[C@@H](C(=O)N2CCCCC2)N(C)C(=O)[C@H](C(C)C)N(C)C(=O)C2(CCCC2)NC(=O)[C@@H]2CCCN2C(=O)[C@H](CCC2CCC(C(F)(F)F)C(Cl)C2)NC(=O)CN(C)C(=O)[C@H](CC2CCCCC2)N(C)C(=O)[C@@H]2CCN2C(=O)[C@H](C)N(C)C1=O. The summed E-state index contributed by atoms with van der Waals surface area (Å²) in [6.45, 7) is 9.09. The molecule has 3 N–H and O–H groups in total. The molecule has 4 saturated carbocycles. The second-order valence-electron chi connectivity index (χ2n) is 30.7. The van der Waals surface area contributed by atoms with Crippen LogP contribution < -0.4 is 16.0 Å². The van der Waals surface area contributed by atoms with E-state index in [-0.39, 0.29) is 95.1 Å². The van der Waals surface area contributed by atoms with Crippen LogP contribution in [0.5, 0.6) is 0 Å². The van der Waals surface area contributed by atoms with Gasteiger partial charge in [-0.1, -0.05) is 79.1 Å². The van der Waals surface area contributed by atoms with Crippen molar-refractivity contribution in [3.63, 3.8) is 0 Å². The van der Waals surface area contributed by atoms with Crippen molar-refractivity contribution < 1.29 is 70.7 Å². The molecule has 0 aromatic heterocycles. The van der Waals surface area contributed by atoms with Crippen molar-refractivity contribution in [2.24, 2.45) is 35.5 Å². The molecule has 0 aromatic rings. The minimum atomic E-state index is -4.51. The standard InChI is InChI=1S/C71H112ClF3N12O12/c1-12-43(4)57-67(97)80(7)44(5)62(92)87-37-31-52(87)65(95)81(8)53(39-45-22-15-13-16-23-45)64(94)79(6)41-55(88)76-50(30-26-46-25-29-48(49(72)38-46)71(73,74)75)63(93)86-36-21-24-51(86)60(90)78-70(32-17-18-33-70)69(99)84(11)58(42(2)3)68(98)82(9)54(66(96)85-34-19-14-20-35-85)40-56(89)83(10)59(47-27-28-47)61(91)77-57/h42-54,57-59H,12-41H2,1-11H3,(H,76,88)(H,77,91)(H,78,90)/t43-,44-,46?,48?,49?,50-,51-,52-,53-,54-,57-,58-,59-/m0/s1. The monoisotopic (exact) mass is 1420 g/mol. The Morgan fingerprint density at radius 3 is 1.83 bits per heavy atom. The highest BCUT2D eigenvalue weighted by Gasteiger charge is 2.53. The number of hydrogen-bond donors (Lipinski definition) is 3. The molecule has 12 amide bonds. The van der Waals surface area contributed by atoms with E-state index in [0.717, 1.165) is 38.5 Å². The summed E-state index contributed by atoms with van der Waals surface area (Å²) in [6, 6.07) is -10.6. The van der Waals surface area contributed by atoms with Gasteiger partial charge >= 0.3 is 6.18 Å². The fourth-order valence-electron chi connectivity index (χ4n) is 16.7. The van der Waals surface area contributed by atoms with Crippen molar-refractivity contribution in [3.05, 3.63) is 0 Å². The number of nitrogens with zero attached hydrogens (tertiary/aromatic N) is 9. The molecule has 1 spiro atoms. The van der Waals surface area contributed by atoms with Crippen LogP contribution in [0, 0.1) is 35.5 Å². The molecule has 4 aliphatic carbocycles. The van der Waals surface area contributed by atoms with E-state index in [9.17, 15) is 51.5 Å². The molecule has 4 saturated heterocycles. The third kappa shape index (κ3) is 18.1.